The molecule has 0 bridgehead atoms. The second-order valence-electron chi connectivity index (χ2n) is 7.89. The molecule has 1 aromatic heterocycles. The third kappa shape index (κ3) is 5.81. The van der Waals surface area contributed by atoms with Gasteiger partial charge in [-0.1, -0.05) is 54.1 Å². The molecule has 0 aliphatic rings. The number of rotatable bonds is 8. The van der Waals surface area contributed by atoms with E-state index in [-0.39, 0.29) is 27.6 Å². The fourth-order valence-electron chi connectivity index (χ4n) is 3.43. The summed E-state index contributed by atoms with van der Waals surface area (Å²) in [4.78, 5) is 26.8. The van der Waals surface area contributed by atoms with Gasteiger partial charge < -0.3 is 10.1 Å². The van der Waals surface area contributed by atoms with Crippen LogP contribution in [0.3, 0.4) is 0 Å². The zero-order valence-corrected chi connectivity index (χ0v) is 21.3. The lowest BCUT2D eigenvalue weighted by molar-refractivity contribution is 0.0533. The molecular weight excluding hydrogens is 496 g/mol. The number of amides is 1. The van der Waals surface area contributed by atoms with Crippen LogP contribution in [-0.2, 0) is 14.8 Å². The highest BCUT2D eigenvalue weighted by Gasteiger charge is 2.21. The summed E-state index contributed by atoms with van der Waals surface area (Å²) in [5, 5.41) is 2.78. The lowest BCUT2D eigenvalue weighted by Crippen LogP contribution is -2.16. The molecule has 0 aliphatic heterocycles. The SMILES string of the molecule is CCOC(=O)c1sc(-c2ccccc2)cc1NC(=O)c1cccc(NS(=O)(=O)c2ccc(C)cc2)c1. The van der Waals surface area contributed by atoms with Crippen molar-refractivity contribution in [2.45, 2.75) is 18.7 Å². The van der Waals surface area contributed by atoms with Gasteiger partial charge in [-0.3, -0.25) is 9.52 Å². The first-order valence-electron chi connectivity index (χ1n) is 11.1. The Kier molecular flexibility index (Phi) is 7.52. The van der Waals surface area contributed by atoms with E-state index in [0.29, 0.717) is 5.69 Å². The highest BCUT2D eigenvalue weighted by atomic mass is 32.2. The summed E-state index contributed by atoms with van der Waals surface area (Å²) in [7, 11) is -3.82. The molecule has 4 rings (SSSR count). The summed E-state index contributed by atoms with van der Waals surface area (Å²) in [6.07, 6.45) is 0. The van der Waals surface area contributed by atoms with Gasteiger partial charge in [0, 0.05) is 16.1 Å². The maximum absolute atomic E-state index is 13.1. The van der Waals surface area contributed by atoms with Gasteiger partial charge in [-0.25, -0.2) is 13.2 Å². The van der Waals surface area contributed by atoms with Crippen molar-refractivity contribution in [2.24, 2.45) is 0 Å². The highest BCUT2D eigenvalue weighted by Crippen LogP contribution is 2.35. The Hall–Kier alpha value is -3.95. The first kappa shape index (κ1) is 25.2. The van der Waals surface area contributed by atoms with Gasteiger partial charge >= 0.3 is 5.97 Å². The molecule has 184 valence electrons. The standard InChI is InChI=1S/C27H24N2O5S2/c1-3-34-27(31)25-23(17-24(35-25)19-8-5-4-6-9-19)28-26(30)20-10-7-11-21(16-20)29-36(32,33)22-14-12-18(2)13-15-22/h4-17,29H,3H2,1-2H3,(H,28,30). The number of benzene rings is 3. The van der Waals surface area contributed by atoms with E-state index in [1.165, 1.54) is 29.5 Å². The maximum Gasteiger partial charge on any atom is 0.350 e. The molecule has 1 amide bonds. The third-order valence-corrected chi connectivity index (χ3v) is 7.77. The van der Waals surface area contributed by atoms with E-state index in [9.17, 15) is 18.0 Å². The van der Waals surface area contributed by atoms with Crippen LogP contribution in [0.5, 0.6) is 0 Å². The minimum atomic E-state index is -3.82. The van der Waals surface area contributed by atoms with Crippen LogP contribution in [0.2, 0.25) is 0 Å². The number of ether oxygens (including phenoxy) is 1. The van der Waals surface area contributed by atoms with E-state index in [4.69, 9.17) is 4.74 Å². The van der Waals surface area contributed by atoms with E-state index in [2.05, 4.69) is 10.0 Å². The van der Waals surface area contributed by atoms with Gasteiger partial charge in [0.1, 0.15) is 4.88 Å². The van der Waals surface area contributed by atoms with Crippen molar-refractivity contribution in [3.8, 4) is 10.4 Å². The number of aryl methyl sites for hydroxylation is 1. The average Bonchev–Trinajstić information content (AvgIpc) is 3.29. The summed E-state index contributed by atoms with van der Waals surface area (Å²) in [6, 6.07) is 23.8. The van der Waals surface area contributed by atoms with E-state index >= 15 is 0 Å². The number of carbonyl (C=O) groups is 2. The molecule has 0 radical (unpaired) electrons. The Morgan fingerprint density at radius 1 is 0.917 bits per heavy atom. The van der Waals surface area contributed by atoms with Crippen LogP contribution in [0.4, 0.5) is 11.4 Å². The van der Waals surface area contributed by atoms with Crippen molar-refractivity contribution in [1.29, 1.82) is 0 Å². The zero-order valence-electron chi connectivity index (χ0n) is 19.6. The largest absolute Gasteiger partial charge is 0.462 e. The normalized spacial score (nSPS) is 11.1. The van der Waals surface area contributed by atoms with E-state index in [1.807, 2.05) is 37.3 Å². The van der Waals surface area contributed by atoms with Crippen LogP contribution in [-0.4, -0.2) is 26.9 Å². The molecule has 0 spiro atoms. The quantitative estimate of drug-likeness (QED) is 0.280. The van der Waals surface area contributed by atoms with Gasteiger partial charge in [0.2, 0.25) is 0 Å². The zero-order chi connectivity index (χ0) is 25.7. The fourth-order valence-corrected chi connectivity index (χ4v) is 5.49. The van der Waals surface area contributed by atoms with Crippen molar-refractivity contribution in [2.75, 3.05) is 16.6 Å². The molecule has 0 fully saturated rings. The second-order valence-corrected chi connectivity index (χ2v) is 10.6. The first-order chi connectivity index (χ1) is 17.3. The van der Waals surface area contributed by atoms with Gasteiger partial charge in [0.25, 0.3) is 15.9 Å². The Balaban J connectivity index is 1.58. The maximum atomic E-state index is 13.1. The number of carbonyl (C=O) groups excluding carboxylic acids is 2. The van der Waals surface area contributed by atoms with Crippen molar-refractivity contribution >= 4 is 44.6 Å². The van der Waals surface area contributed by atoms with Crippen molar-refractivity contribution < 1.29 is 22.7 Å². The number of esters is 1. The summed E-state index contributed by atoms with van der Waals surface area (Å²) in [5.74, 6) is -1.02. The van der Waals surface area contributed by atoms with Gasteiger partial charge in [-0.2, -0.15) is 0 Å². The van der Waals surface area contributed by atoms with Gasteiger partial charge in [0.15, 0.2) is 0 Å². The molecule has 0 aliphatic carbocycles. The highest BCUT2D eigenvalue weighted by molar-refractivity contribution is 7.92. The average molecular weight is 521 g/mol. The molecule has 7 nitrogen and oxygen atoms in total. The van der Waals surface area contributed by atoms with E-state index in [1.54, 1.807) is 43.3 Å². The molecule has 0 saturated heterocycles. The lowest BCUT2D eigenvalue weighted by Gasteiger charge is -2.10. The minimum absolute atomic E-state index is 0.119. The predicted octanol–water partition coefficient (Wildman–Crippen LogP) is 5.95. The molecule has 0 saturated carbocycles. The fraction of sp³-hybridized carbons (Fsp3) is 0.111. The molecule has 4 aromatic rings. The molecular formula is C27H24N2O5S2. The van der Waals surface area contributed by atoms with Gasteiger partial charge in [-0.15, -0.1) is 11.3 Å². The van der Waals surface area contributed by atoms with Crippen molar-refractivity contribution in [1.82, 2.24) is 0 Å². The molecule has 1 heterocycles. The Morgan fingerprint density at radius 2 is 1.64 bits per heavy atom. The summed E-state index contributed by atoms with van der Waals surface area (Å²) in [6.45, 7) is 3.79. The molecule has 9 heteroatoms. The number of hydrogen-bond acceptors (Lipinski definition) is 6. The van der Waals surface area contributed by atoms with Crippen LogP contribution < -0.4 is 10.0 Å². The lowest BCUT2D eigenvalue weighted by atomic mass is 10.1. The van der Waals surface area contributed by atoms with Crippen LogP contribution in [0, 0.1) is 6.92 Å². The van der Waals surface area contributed by atoms with Gasteiger partial charge in [0.05, 0.1) is 17.2 Å². The predicted molar refractivity (Wildman–Crippen MR) is 142 cm³/mol. The number of anilines is 2. The first-order valence-corrected chi connectivity index (χ1v) is 13.4. The molecule has 2 N–H and O–H groups in total. The minimum Gasteiger partial charge on any atom is -0.462 e. The summed E-state index contributed by atoms with van der Waals surface area (Å²) >= 11 is 1.23. The van der Waals surface area contributed by atoms with E-state index in [0.717, 1.165) is 16.0 Å². The number of hydrogen-bond donors (Lipinski definition) is 2. The molecule has 36 heavy (non-hydrogen) atoms. The Labute approximate surface area is 213 Å². The topological polar surface area (TPSA) is 102 Å². The van der Waals surface area contributed by atoms with E-state index < -0.39 is 21.9 Å². The molecule has 0 atom stereocenters. The third-order valence-electron chi connectivity index (χ3n) is 5.21. The van der Waals surface area contributed by atoms with Crippen molar-refractivity contribution in [3.05, 3.63) is 101 Å². The number of nitrogens with one attached hydrogen (secondary N) is 2. The molecule has 3 aromatic carbocycles. The summed E-state index contributed by atoms with van der Waals surface area (Å²) < 4.78 is 33.2. The number of thiophene rings is 1. The molecule has 0 unspecified atom stereocenters. The van der Waals surface area contributed by atoms with Crippen molar-refractivity contribution in [3.63, 3.8) is 0 Å². The monoisotopic (exact) mass is 520 g/mol. The van der Waals surface area contributed by atoms with Crippen LogP contribution in [0.25, 0.3) is 10.4 Å². The van der Waals surface area contributed by atoms with Gasteiger partial charge in [-0.05, 0) is 55.8 Å². The van der Waals surface area contributed by atoms with Crippen LogP contribution in [0.15, 0.2) is 89.8 Å². The summed E-state index contributed by atoms with van der Waals surface area (Å²) in [5.41, 5.74) is 2.64. The Morgan fingerprint density at radius 3 is 2.33 bits per heavy atom. The second kappa shape index (κ2) is 10.8. The van der Waals surface area contributed by atoms with Crippen LogP contribution >= 0.6 is 11.3 Å². The Bertz CT molecular complexity index is 1490. The number of sulfonamides is 1. The smallest absolute Gasteiger partial charge is 0.350 e. The van der Waals surface area contributed by atoms with Crippen LogP contribution in [0.1, 0.15) is 32.5 Å².